The van der Waals surface area contributed by atoms with E-state index in [9.17, 15) is 4.79 Å². The summed E-state index contributed by atoms with van der Waals surface area (Å²) in [5, 5.41) is 11.8. The average molecular weight is 288 g/mol. The average Bonchev–Trinajstić information content (AvgIpc) is 3.02. The molecule has 0 aliphatic carbocycles. The number of benzene rings is 1. The van der Waals surface area contributed by atoms with E-state index in [-0.39, 0.29) is 18.6 Å². The maximum absolute atomic E-state index is 12.1. The number of carbonyl (C=O) groups excluding carboxylic acids is 1. The number of rotatable bonds is 7. The highest BCUT2D eigenvalue weighted by atomic mass is 16.5. The fourth-order valence-electron chi connectivity index (χ4n) is 2.11. The minimum Gasteiger partial charge on any atom is -0.396 e. The van der Waals surface area contributed by atoms with Crippen LogP contribution < -0.4 is 5.32 Å². The van der Waals surface area contributed by atoms with Gasteiger partial charge in [-0.15, -0.1) is 0 Å². The van der Waals surface area contributed by atoms with Crippen LogP contribution in [-0.2, 0) is 4.74 Å². The summed E-state index contributed by atoms with van der Waals surface area (Å²) in [6, 6.07) is 11.1. The Morgan fingerprint density at radius 3 is 2.52 bits per heavy atom. The Kier molecular flexibility index (Phi) is 5.54. The van der Waals surface area contributed by atoms with Gasteiger partial charge in [-0.05, 0) is 42.8 Å². The van der Waals surface area contributed by atoms with Gasteiger partial charge < -0.3 is 19.7 Å². The predicted octanol–water partition coefficient (Wildman–Crippen LogP) is 1.60. The van der Waals surface area contributed by atoms with Gasteiger partial charge in [-0.2, -0.15) is 0 Å². The number of nitrogens with zero attached hydrogens (tertiary/aromatic N) is 1. The van der Waals surface area contributed by atoms with E-state index in [1.165, 1.54) is 0 Å². The molecule has 0 spiro atoms. The Morgan fingerprint density at radius 1 is 1.29 bits per heavy atom. The minimum atomic E-state index is -0.184. The first-order valence-electron chi connectivity index (χ1n) is 6.88. The highest BCUT2D eigenvalue weighted by Crippen LogP contribution is 2.10. The molecule has 1 aromatic heterocycles. The second-order valence-corrected chi connectivity index (χ2v) is 4.78. The van der Waals surface area contributed by atoms with E-state index in [2.05, 4.69) is 5.32 Å². The summed E-state index contributed by atoms with van der Waals surface area (Å²) in [5.74, 6) is -0.162. The molecule has 5 heteroatoms. The highest BCUT2D eigenvalue weighted by Gasteiger charge is 2.13. The predicted molar refractivity (Wildman–Crippen MR) is 80.6 cm³/mol. The van der Waals surface area contributed by atoms with E-state index in [0.717, 1.165) is 5.69 Å². The lowest BCUT2D eigenvalue weighted by molar-refractivity contribution is 0.0878. The molecule has 0 aliphatic heterocycles. The van der Waals surface area contributed by atoms with E-state index >= 15 is 0 Å². The van der Waals surface area contributed by atoms with E-state index in [0.29, 0.717) is 18.6 Å². The van der Waals surface area contributed by atoms with Crippen LogP contribution in [0.5, 0.6) is 0 Å². The molecule has 1 aromatic carbocycles. The van der Waals surface area contributed by atoms with E-state index in [1.54, 1.807) is 19.2 Å². The number of aromatic nitrogens is 1. The first-order valence-corrected chi connectivity index (χ1v) is 6.88. The molecule has 0 bridgehead atoms. The normalized spacial score (nSPS) is 12.1. The van der Waals surface area contributed by atoms with Crippen LogP contribution in [0.15, 0.2) is 48.8 Å². The van der Waals surface area contributed by atoms with Crippen molar-refractivity contribution in [2.45, 2.75) is 12.5 Å². The number of aliphatic hydroxyl groups is 1. The fourth-order valence-corrected chi connectivity index (χ4v) is 2.11. The van der Waals surface area contributed by atoms with Gasteiger partial charge in [-0.3, -0.25) is 4.79 Å². The molecule has 5 nitrogen and oxygen atoms in total. The van der Waals surface area contributed by atoms with Crippen molar-refractivity contribution >= 4 is 5.91 Å². The third kappa shape index (κ3) is 4.18. The molecule has 2 N–H and O–H groups in total. The Morgan fingerprint density at radius 2 is 1.95 bits per heavy atom. The number of carbonyl (C=O) groups is 1. The van der Waals surface area contributed by atoms with Crippen LogP contribution in [-0.4, -0.2) is 41.9 Å². The Balaban J connectivity index is 2.02. The van der Waals surface area contributed by atoms with Gasteiger partial charge in [0.15, 0.2) is 0 Å². The first-order chi connectivity index (χ1) is 10.2. The molecule has 2 aromatic rings. The second kappa shape index (κ2) is 7.61. The highest BCUT2D eigenvalue weighted by molar-refractivity contribution is 5.94. The monoisotopic (exact) mass is 288 g/mol. The van der Waals surface area contributed by atoms with Crippen LogP contribution in [0.3, 0.4) is 0 Å². The molecule has 1 heterocycles. The van der Waals surface area contributed by atoms with Crippen LogP contribution >= 0.6 is 0 Å². The van der Waals surface area contributed by atoms with Crippen LogP contribution in [0, 0.1) is 0 Å². The van der Waals surface area contributed by atoms with E-state index < -0.39 is 0 Å². The lowest BCUT2D eigenvalue weighted by Crippen LogP contribution is -2.38. The first kappa shape index (κ1) is 15.3. The van der Waals surface area contributed by atoms with Gasteiger partial charge in [0, 0.05) is 37.4 Å². The minimum absolute atomic E-state index is 0.0148. The second-order valence-electron chi connectivity index (χ2n) is 4.78. The van der Waals surface area contributed by atoms with Crippen molar-refractivity contribution in [2.24, 2.45) is 0 Å². The molecule has 0 saturated carbocycles. The number of nitrogens with one attached hydrogen (secondary N) is 1. The van der Waals surface area contributed by atoms with Crippen molar-refractivity contribution in [1.29, 1.82) is 0 Å². The fraction of sp³-hybridized carbons (Fsp3) is 0.312. The van der Waals surface area contributed by atoms with Gasteiger partial charge in [0.05, 0.1) is 12.6 Å². The van der Waals surface area contributed by atoms with Gasteiger partial charge in [-0.1, -0.05) is 0 Å². The molecule has 2 rings (SSSR count). The van der Waals surface area contributed by atoms with Crippen LogP contribution in [0.1, 0.15) is 16.8 Å². The van der Waals surface area contributed by atoms with Gasteiger partial charge in [0.25, 0.3) is 5.91 Å². The SMILES string of the molecule is COCC(CCO)NC(=O)c1ccc(-n2cccc2)cc1. The van der Waals surface area contributed by atoms with Crippen molar-refractivity contribution < 1.29 is 14.6 Å². The molecule has 0 aliphatic rings. The van der Waals surface area contributed by atoms with Crippen molar-refractivity contribution in [3.63, 3.8) is 0 Å². The molecule has 1 atom stereocenters. The smallest absolute Gasteiger partial charge is 0.251 e. The number of amides is 1. The van der Waals surface area contributed by atoms with Gasteiger partial charge in [0.2, 0.25) is 0 Å². The summed E-state index contributed by atoms with van der Waals surface area (Å²) in [7, 11) is 1.57. The van der Waals surface area contributed by atoms with Gasteiger partial charge in [-0.25, -0.2) is 0 Å². The van der Waals surface area contributed by atoms with E-state index in [4.69, 9.17) is 9.84 Å². The van der Waals surface area contributed by atoms with E-state index in [1.807, 2.05) is 41.2 Å². The van der Waals surface area contributed by atoms with Crippen molar-refractivity contribution in [2.75, 3.05) is 20.3 Å². The zero-order valence-electron chi connectivity index (χ0n) is 12.0. The molecule has 1 amide bonds. The third-order valence-electron chi connectivity index (χ3n) is 3.21. The molecule has 1 unspecified atom stereocenters. The number of ether oxygens (including phenoxy) is 1. The maximum Gasteiger partial charge on any atom is 0.251 e. The quantitative estimate of drug-likeness (QED) is 0.813. The van der Waals surface area contributed by atoms with Crippen LogP contribution in [0.2, 0.25) is 0 Å². The van der Waals surface area contributed by atoms with Crippen molar-refractivity contribution in [3.05, 3.63) is 54.4 Å². The zero-order valence-corrected chi connectivity index (χ0v) is 12.0. The lowest BCUT2D eigenvalue weighted by Gasteiger charge is -2.17. The molecule has 112 valence electrons. The Hall–Kier alpha value is -2.11. The van der Waals surface area contributed by atoms with Gasteiger partial charge in [0.1, 0.15) is 0 Å². The van der Waals surface area contributed by atoms with Crippen molar-refractivity contribution in [1.82, 2.24) is 9.88 Å². The van der Waals surface area contributed by atoms with Crippen LogP contribution in [0.25, 0.3) is 5.69 Å². The third-order valence-corrected chi connectivity index (χ3v) is 3.21. The summed E-state index contributed by atoms with van der Waals surface area (Å²) >= 11 is 0. The summed E-state index contributed by atoms with van der Waals surface area (Å²) in [4.78, 5) is 12.1. The molecule has 0 fully saturated rings. The number of hydrogen-bond acceptors (Lipinski definition) is 3. The standard InChI is InChI=1S/C16H20N2O3/c1-21-12-14(8-11-19)17-16(20)13-4-6-15(7-5-13)18-9-2-3-10-18/h2-7,9-10,14,19H,8,11-12H2,1H3,(H,17,20). The number of aliphatic hydroxyl groups excluding tert-OH is 1. The zero-order chi connectivity index (χ0) is 15.1. The topological polar surface area (TPSA) is 63.5 Å². The van der Waals surface area contributed by atoms with Crippen molar-refractivity contribution in [3.8, 4) is 5.69 Å². The summed E-state index contributed by atoms with van der Waals surface area (Å²) in [5.41, 5.74) is 1.59. The number of hydrogen-bond donors (Lipinski definition) is 2. The summed E-state index contributed by atoms with van der Waals surface area (Å²) < 4.78 is 7.01. The van der Waals surface area contributed by atoms with Crippen LogP contribution in [0.4, 0.5) is 0 Å². The molecule has 21 heavy (non-hydrogen) atoms. The summed E-state index contributed by atoms with van der Waals surface area (Å²) in [6.45, 7) is 0.397. The van der Waals surface area contributed by atoms with Gasteiger partial charge >= 0.3 is 0 Å². The Labute approximate surface area is 124 Å². The largest absolute Gasteiger partial charge is 0.396 e. The molecule has 0 saturated heterocycles. The molecular formula is C16H20N2O3. The Bertz CT molecular complexity index is 543. The lowest BCUT2D eigenvalue weighted by atomic mass is 10.1. The summed E-state index contributed by atoms with van der Waals surface area (Å²) in [6.07, 6.45) is 4.37. The molecule has 0 radical (unpaired) electrons. The number of methoxy groups -OCH3 is 1. The molecular weight excluding hydrogens is 268 g/mol. The maximum atomic E-state index is 12.1.